The maximum absolute atomic E-state index is 14.8. The summed E-state index contributed by atoms with van der Waals surface area (Å²) in [6, 6.07) is 14.7. The van der Waals surface area contributed by atoms with E-state index in [0.717, 1.165) is 5.69 Å². The Kier molecular flexibility index (Phi) is 7.51. The summed E-state index contributed by atoms with van der Waals surface area (Å²) < 4.78 is 22.1. The number of anilines is 3. The maximum Gasteiger partial charge on any atom is 0.269 e. The van der Waals surface area contributed by atoms with Crippen LogP contribution in [0, 0.1) is 10.1 Å². The molecule has 0 radical (unpaired) electrons. The monoisotopic (exact) mass is 515 g/mol. The van der Waals surface area contributed by atoms with Gasteiger partial charge in [-0.3, -0.25) is 19.5 Å². The summed E-state index contributed by atoms with van der Waals surface area (Å²) in [6.45, 7) is 1.67. The molecule has 0 unspecified atom stereocenters. The van der Waals surface area contributed by atoms with Crippen molar-refractivity contribution in [3.63, 3.8) is 0 Å². The smallest absolute Gasteiger partial charge is 0.269 e. The number of thiophene rings is 1. The second kappa shape index (κ2) is 10.6. The zero-order chi connectivity index (χ0) is 25.0. The van der Waals surface area contributed by atoms with E-state index in [-0.39, 0.29) is 11.6 Å². The molecule has 1 aliphatic rings. The average molecular weight is 516 g/mol. The van der Waals surface area contributed by atoms with E-state index in [1.54, 1.807) is 24.3 Å². The molecule has 184 valence electrons. The summed E-state index contributed by atoms with van der Waals surface area (Å²) in [7, 11) is 0.246. The van der Waals surface area contributed by atoms with Crippen molar-refractivity contribution in [1.82, 2.24) is 4.67 Å². The van der Waals surface area contributed by atoms with E-state index in [2.05, 4.69) is 10.4 Å². The van der Waals surface area contributed by atoms with E-state index < -0.39 is 12.4 Å². The Bertz CT molecular complexity index is 1240. The zero-order valence-electron chi connectivity index (χ0n) is 19.3. The fourth-order valence-corrected chi connectivity index (χ4v) is 6.84. The molecule has 0 aliphatic carbocycles. The van der Waals surface area contributed by atoms with Gasteiger partial charge in [0.05, 0.1) is 34.0 Å². The van der Waals surface area contributed by atoms with E-state index >= 15 is 0 Å². The molecular weight excluding hydrogens is 489 g/mol. The Morgan fingerprint density at radius 2 is 1.86 bits per heavy atom. The molecule has 2 N–H and O–H groups in total. The van der Waals surface area contributed by atoms with Crippen LogP contribution in [0.25, 0.3) is 0 Å². The van der Waals surface area contributed by atoms with Gasteiger partial charge in [0.25, 0.3) is 19.0 Å². The number of nitro groups is 1. The van der Waals surface area contributed by atoms with Crippen LogP contribution >= 0.6 is 18.8 Å². The summed E-state index contributed by atoms with van der Waals surface area (Å²) in [5.74, 6) is -0.291. The molecule has 1 atom stereocenters. The van der Waals surface area contributed by atoms with Crippen molar-refractivity contribution in [3.05, 3.63) is 75.0 Å². The average Bonchev–Trinajstić information content (AvgIpc) is 3.40. The van der Waals surface area contributed by atoms with E-state index in [1.807, 2.05) is 35.1 Å². The molecule has 1 fully saturated rings. The first kappa shape index (κ1) is 24.9. The number of amides is 1. The molecule has 10 nitrogen and oxygen atoms in total. The number of benzene rings is 2. The molecular formula is C23H26N5O5PS. The number of nitrogens with zero attached hydrogens (tertiary/aromatic N) is 3. The molecule has 2 aromatic carbocycles. The molecule has 35 heavy (non-hydrogen) atoms. The van der Waals surface area contributed by atoms with Crippen LogP contribution in [0.3, 0.4) is 0 Å². The van der Waals surface area contributed by atoms with Crippen molar-refractivity contribution in [2.75, 3.05) is 55.7 Å². The fourth-order valence-electron chi connectivity index (χ4n) is 3.71. The van der Waals surface area contributed by atoms with Gasteiger partial charge >= 0.3 is 0 Å². The number of morpholine rings is 1. The molecule has 1 amide bonds. The normalized spacial score (nSPS) is 15.7. The van der Waals surface area contributed by atoms with Gasteiger partial charge < -0.3 is 20.0 Å². The second-order valence-corrected chi connectivity index (χ2v) is 11.5. The number of rotatable bonds is 8. The zero-order valence-corrected chi connectivity index (χ0v) is 21.1. The third-order valence-electron chi connectivity index (χ3n) is 5.56. The van der Waals surface area contributed by atoms with Gasteiger partial charge in [-0.1, -0.05) is 6.07 Å². The Hall–Kier alpha value is -3.24. The largest absolute Gasteiger partial charge is 0.379 e. The number of ether oxygens (including phenoxy) is 1. The van der Waals surface area contributed by atoms with E-state index in [9.17, 15) is 19.5 Å². The summed E-state index contributed by atoms with van der Waals surface area (Å²) in [6.07, 6.45) is 0. The number of nitrogens with one attached hydrogen (secondary N) is 2. The molecule has 0 saturated carbocycles. The van der Waals surface area contributed by atoms with Gasteiger partial charge in [-0.25, -0.2) is 4.67 Å². The van der Waals surface area contributed by atoms with Gasteiger partial charge in [0, 0.05) is 50.7 Å². The topological polar surface area (TPSA) is 117 Å². The standard InChI is InChI=1S/C23H26N5O5PS/c1-26(2)19-9-10-21(20(16-19)24-23(29)22-4-3-15-35-22)34(32,27-11-13-33-14-12-27)25-17-5-7-18(8-6-17)28(30)31/h3-10,15-16H,11-14H2,1-2H3,(H,24,29)(H,25,32)/t34-/m1/s1. The Morgan fingerprint density at radius 3 is 2.46 bits per heavy atom. The van der Waals surface area contributed by atoms with Gasteiger partial charge in [0.2, 0.25) is 0 Å². The summed E-state index contributed by atoms with van der Waals surface area (Å²) in [4.78, 5) is 26.0. The highest BCUT2D eigenvalue weighted by Crippen LogP contribution is 2.51. The third-order valence-corrected chi connectivity index (χ3v) is 9.23. The van der Waals surface area contributed by atoms with Crippen LogP contribution in [0.1, 0.15) is 9.67 Å². The van der Waals surface area contributed by atoms with E-state index in [0.29, 0.717) is 47.9 Å². The lowest BCUT2D eigenvalue weighted by Gasteiger charge is -2.36. The first-order valence-electron chi connectivity index (χ1n) is 10.9. The van der Waals surface area contributed by atoms with E-state index in [1.165, 1.54) is 35.6 Å². The highest BCUT2D eigenvalue weighted by Gasteiger charge is 2.37. The van der Waals surface area contributed by atoms with Crippen LogP contribution < -0.4 is 20.6 Å². The molecule has 0 bridgehead atoms. The predicted octanol–water partition coefficient (Wildman–Crippen LogP) is 4.24. The molecule has 12 heteroatoms. The number of carbonyl (C=O) groups is 1. The quantitative estimate of drug-likeness (QED) is 0.260. The summed E-state index contributed by atoms with van der Waals surface area (Å²) in [5, 5.41) is 19.4. The van der Waals surface area contributed by atoms with Gasteiger partial charge in [-0.15, -0.1) is 11.3 Å². The van der Waals surface area contributed by atoms with Gasteiger partial charge in [-0.05, 0) is 41.8 Å². The lowest BCUT2D eigenvalue weighted by atomic mass is 10.2. The van der Waals surface area contributed by atoms with Crippen molar-refractivity contribution >= 4 is 52.7 Å². The highest BCUT2D eigenvalue weighted by atomic mass is 32.1. The van der Waals surface area contributed by atoms with Crippen LogP contribution in [0.15, 0.2) is 60.0 Å². The van der Waals surface area contributed by atoms with Gasteiger partial charge in [0.1, 0.15) is 0 Å². The molecule has 3 aromatic rings. The van der Waals surface area contributed by atoms with Crippen molar-refractivity contribution in [1.29, 1.82) is 0 Å². The second-order valence-electron chi connectivity index (χ2n) is 8.09. The number of hydrogen-bond acceptors (Lipinski definition) is 7. The van der Waals surface area contributed by atoms with Crippen LogP contribution in [0.4, 0.5) is 22.7 Å². The van der Waals surface area contributed by atoms with Crippen LogP contribution in [0.2, 0.25) is 0 Å². The molecule has 0 spiro atoms. The summed E-state index contributed by atoms with van der Waals surface area (Å²) in [5.41, 5.74) is 1.67. The van der Waals surface area contributed by atoms with Crippen molar-refractivity contribution < 1.29 is 19.0 Å². The fraction of sp³-hybridized carbons (Fsp3) is 0.261. The van der Waals surface area contributed by atoms with E-state index in [4.69, 9.17) is 4.74 Å². The Morgan fingerprint density at radius 1 is 1.14 bits per heavy atom. The lowest BCUT2D eigenvalue weighted by Crippen LogP contribution is -2.39. The van der Waals surface area contributed by atoms with Gasteiger partial charge in [-0.2, -0.15) is 0 Å². The first-order valence-corrected chi connectivity index (χ1v) is 13.4. The lowest BCUT2D eigenvalue weighted by molar-refractivity contribution is -0.384. The number of nitro benzene ring substituents is 1. The highest BCUT2D eigenvalue weighted by molar-refractivity contribution is 7.71. The van der Waals surface area contributed by atoms with Gasteiger partial charge in [0.15, 0.2) is 0 Å². The summed E-state index contributed by atoms with van der Waals surface area (Å²) >= 11 is 1.32. The number of carbonyl (C=O) groups excluding carboxylic acids is 1. The minimum Gasteiger partial charge on any atom is -0.379 e. The molecule has 2 heterocycles. The SMILES string of the molecule is CN(C)c1ccc([P@@](=O)(Nc2ccc([N+](=O)[O-])cc2)N2CCOCC2)c(NC(=O)c2cccs2)c1. The number of hydrogen-bond donors (Lipinski definition) is 2. The minimum atomic E-state index is -3.52. The van der Waals surface area contributed by atoms with Crippen LogP contribution in [0.5, 0.6) is 0 Å². The first-order chi connectivity index (χ1) is 16.8. The Balaban J connectivity index is 1.78. The Labute approximate surface area is 207 Å². The third kappa shape index (κ3) is 5.54. The number of non-ortho nitro benzene ring substituents is 1. The molecule has 1 aromatic heterocycles. The van der Waals surface area contributed by atoms with Crippen LogP contribution in [-0.4, -0.2) is 55.9 Å². The maximum atomic E-state index is 14.8. The molecule has 4 rings (SSSR count). The predicted molar refractivity (Wildman–Crippen MR) is 139 cm³/mol. The molecule has 1 aliphatic heterocycles. The van der Waals surface area contributed by atoms with Crippen molar-refractivity contribution in [2.24, 2.45) is 0 Å². The molecule has 1 saturated heterocycles. The van der Waals surface area contributed by atoms with Crippen molar-refractivity contribution in [3.8, 4) is 0 Å². The van der Waals surface area contributed by atoms with Crippen LogP contribution in [-0.2, 0) is 9.30 Å². The van der Waals surface area contributed by atoms with Crippen molar-refractivity contribution in [2.45, 2.75) is 0 Å². The minimum absolute atomic E-state index is 0.0593.